The first-order valence-electron chi connectivity index (χ1n) is 5.75. The molecule has 4 heteroatoms. The van der Waals surface area contributed by atoms with Gasteiger partial charge in [-0.1, -0.05) is 24.9 Å². The maximum Gasteiger partial charge on any atom is 0.101 e. The summed E-state index contributed by atoms with van der Waals surface area (Å²) in [5.74, 6) is 0. The standard InChI is InChI=1S/C13H15ClN2O/c1-2-5-13(17)8-16(9-13)12-6-11(14)4-3-10(12)7-15/h3-4,6,17H,2,5,8-9H2,1H3. The van der Waals surface area contributed by atoms with E-state index in [0.29, 0.717) is 23.7 Å². The van der Waals surface area contributed by atoms with Gasteiger partial charge in [0, 0.05) is 18.1 Å². The van der Waals surface area contributed by atoms with Crippen molar-refractivity contribution in [1.29, 1.82) is 5.26 Å². The van der Waals surface area contributed by atoms with Gasteiger partial charge >= 0.3 is 0 Å². The molecule has 90 valence electrons. The molecule has 0 saturated carbocycles. The van der Waals surface area contributed by atoms with Crippen LogP contribution in [-0.4, -0.2) is 23.8 Å². The van der Waals surface area contributed by atoms with Gasteiger partial charge in [0.15, 0.2) is 0 Å². The number of nitriles is 1. The third-order valence-corrected chi connectivity index (χ3v) is 3.34. The van der Waals surface area contributed by atoms with Gasteiger partial charge in [-0.25, -0.2) is 0 Å². The first kappa shape index (κ1) is 12.2. The monoisotopic (exact) mass is 250 g/mol. The Balaban J connectivity index is 2.16. The summed E-state index contributed by atoms with van der Waals surface area (Å²) in [4.78, 5) is 2.00. The zero-order chi connectivity index (χ0) is 12.5. The molecule has 3 nitrogen and oxygen atoms in total. The lowest BCUT2D eigenvalue weighted by atomic mass is 9.88. The van der Waals surface area contributed by atoms with E-state index in [4.69, 9.17) is 16.9 Å². The van der Waals surface area contributed by atoms with Crippen molar-refractivity contribution < 1.29 is 5.11 Å². The lowest BCUT2D eigenvalue weighted by Gasteiger charge is -2.48. The first-order valence-corrected chi connectivity index (χ1v) is 6.13. The van der Waals surface area contributed by atoms with Gasteiger partial charge in [-0.3, -0.25) is 0 Å². The van der Waals surface area contributed by atoms with Crippen molar-refractivity contribution in [2.45, 2.75) is 25.4 Å². The Morgan fingerprint density at radius 2 is 2.24 bits per heavy atom. The van der Waals surface area contributed by atoms with Crippen LogP contribution in [0.2, 0.25) is 5.02 Å². The zero-order valence-corrected chi connectivity index (χ0v) is 10.5. The highest BCUT2D eigenvalue weighted by atomic mass is 35.5. The number of rotatable bonds is 3. The van der Waals surface area contributed by atoms with Gasteiger partial charge in [0.05, 0.1) is 16.9 Å². The molecule has 1 N–H and O–H groups in total. The molecule has 17 heavy (non-hydrogen) atoms. The Bertz CT molecular complexity index is 461. The highest BCUT2D eigenvalue weighted by Crippen LogP contribution is 2.34. The van der Waals surface area contributed by atoms with Crippen molar-refractivity contribution in [3.8, 4) is 6.07 Å². The topological polar surface area (TPSA) is 47.3 Å². The predicted octanol–water partition coefficient (Wildman–Crippen LogP) is 2.56. The van der Waals surface area contributed by atoms with Gasteiger partial charge in [-0.05, 0) is 24.6 Å². The summed E-state index contributed by atoms with van der Waals surface area (Å²) in [6.45, 7) is 3.21. The molecule has 0 aromatic heterocycles. The van der Waals surface area contributed by atoms with Crippen molar-refractivity contribution in [3.05, 3.63) is 28.8 Å². The fraction of sp³-hybridized carbons (Fsp3) is 0.462. The van der Waals surface area contributed by atoms with Crippen LogP contribution in [-0.2, 0) is 0 Å². The molecule has 1 saturated heterocycles. The minimum absolute atomic E-state index is 0.579. The molecule has 0 spiro atoms. The molecule has 2 rings (SSSR count). The Morgan fingerprint density at radius 1 is 1.53 bits per heavy atom. The Hall–Kier alpha value is -1.24. The first-order chi connectivity index (χ1) is 8.08. The third-order valence-electron chi connectivity index (χ3n) is 3.11. The molecular formula is C13H15ClN2O. The van der Waals surface area contributed by atoms with Crippen molar-refractivity contribution >= 4 is 17.3 Å². The minimum atomic E-state index is -0.593. The van der Waals surface area contributed by atoms with Crippen molar-refractivity contribution in [1.82, 2.24) is 0 Å². The van der Waals surface area contributed by atoms with Gasteiger partial charge in [0.1, 0.15) is 6.07 Å². The van der Waals surface area contributed by atoms with E-state index in [1.807, 2.05) is 4.90 Å². The predicted molar refractivity (Wildman–Crippen MR) is 68.2 cm³/mol. The molecule has 0 unspecified atom stereocenters. The summed E-state index contributed by atoms with van der Waals surface area (Å²) in [5, 5.41) is 19.8. The Morgan fingerprint density at radius 3 is 2.82 bits per heavy atom. The normalized spacial score (nSPS) is 17.4. The lowest BCUT2D eigenvalue weighted by molar-refractivity contribution is 0.00338. The third kappa shape index (κ3) is 2.38. The van der Waals surface area contributed by atoms with E-state index in [1.54, 1.807) is 18.2 Å². The van der Waals surface area contributed by atoms with Crippen LogP contribution in [0.25, 0.3) is 0 Å². The summed E-state index contributed by atoms with van der Waals surface area (Å²) in [5.41, 5.74) is 0.831. The number of halogens is 1. The van der Waals surface area contributed by atoms with Gasteiger partial charge < -0.3 is 10.0 Å². The number of β-amino-alcohol motifs (C(OH)–C–C–N with tert-alkyl or cyclic N) is 1. The van der Waals surface area contributed by atoms with E-state index in [-0.39, 0.29) is 0 Å². The van der Waals surface area contributed by atoms with Gasteiger partial charge in [0.2, 0.25) is 0 Å². The fourth-order valence-corrected chi connectivity index (χ4v) is 2.49. The summed E-state index contributed by atoms with van der Waals surface area (Å²) < 4.78 is 0. The van der Waals surface area contributed by atoms with Crippen LogP contribution in [0.1, 0.15) is 25.3 Å². The molecule has 1 aromatic rings. The molecule has 0 radical (unpaired) electrons. The molecule has 0 atom stereocenters. The second-order valence-corrected chi connectivity index (χ2v) is 5.04. The summed E-state index contributed by atoms with van der Waals surface area (Å²) in [6.07, 6.45) is 1.76. The highest BCUT2D eigenvalue weighted by Gasteiger charge is 2.40. The number of aliphatic hydroxyl groups is 1. The quantitative estimate of drug-likeness (QED) is 0.897. The number of anilines is 1. The van der Waals surface area contributed by atoms with E-state index >= 15 is 0 Å². The van der Waals surface area contributed by atoms with Crippen LogP contribution in [0, 0.1) is 11.3 Å². The van der Waals surface area contributed by atoms with E-state index < -0.39 is 5.60 Å². The molecule has 1 aromatic carbocycles. The molecule has 1 heterocycles. The Kier molecular flexibility index (Phi) is 3.28. The Labute approximate surface area is 106 Å². The van der Waals surface area contributed by atoms with Crippen LogP contribution in [0.3, 0.4) is 0 Å². The number of nitrogens with zero attached hydrogens (tertiary/aromatic N) is 2. The zero-order valence-electron chi connectivity index (χ0n) is 9.78. The number of benzene rings is 1. The molecule has 0 aliphatic carbocycles. The number of hydrogen-bond acceptors (Lipinski definition) is 3. The summed E-state index contributed by atoms with van der Waals surface area (Å²) in [7, 11) is 0. The summed E-state index contributed by atoms with van der Waals surface area (Å²) >= 11 is 5.93. The highest BCUT2D eigenvalue weighted by molar-refractivity contribution is 6.30. The average molecular weight is 251 g/mol. The van der Waals surface area contributed by atoms with Gasteiger partial charge in [0.25, 0.3) is 0 Å². The van der Waals surface area contributed by atoms with E-state index in [9.17, 15) is 5.11 Å². The van der Waals surface area contributed by atoms with Crippen molar-refractivity contribution in [2.24, 2.45) is 0 Å². The maximum atomic E-state index is 10.1. The smallest absolute Gasteiger partial charge is 0.101 e. The SMILES string of the molecule is CCCC1(O)CN(c2cc(Cl)ccc2C#N)C1. The molecule has 0 bridgehead atoms. The molecule has 0 amide bonds. The lowest BCUT2D eigenvalue weighted by Crippen LogP contribution is -2.62. The molecule has 1 aliphatic rings. The van der Waals surface area contributed by atoms with Crippen molar-refractivity contribution in [3.63, 3.8) is 0 Å². The molecule has 1 fully saturated rings. The van der Waals surface area contributed by atoms with Crippen LogP contribution in [0.5, 0.6) is 0 Å². The van der Waals surface area contributed by atoms with E-state index in [0.717, 1.165) is 18.5 Å². The molecule has 1 aliphatic heterocycles. The average Bonchev–Trinajstić information content (AvgIpc) is 2.26. The van der Waals surface area contributed by atoms with E-state index in [2.05, 4.69) is 13.0 Å². The van der Waals surface area contributed by atoms with E-state index in [1.165, 1.54) is 0 Å². The molecular weight excluding hydrogens is 236 g/mol. The second kappa shape index (κ2) is 4.56. The van der Waals surface area contributed by atoms with Crippen LogP contribution < -0.4 is 4.90 Å². The van der Waals surface area contributed by atoms with Crippen molar-refractivity contribution in [2.75, 3.05) is 18.0 Å². The van der Waals surface area contributed by atoms with Gasteiger partial charge in [-0.2, -0.15) is 5.26 Å². The minimum Gasteiger partial charge on any atom is -0.386 e. The van der Waals surface area contributed by atoms with Crippen LogP contribution in [0.15, 0.2) is 18.2 Å². The maximum absolute atomic E-state index is 10.1. The van der Waals surface area contributed by atoms with Crippen LogP contribution >= 0.6 is 11.6 Å². The summed E-state index contributed by atoms with van der Waals surface area (Å²) in [6, 6.07) is 7.36. The number of hydrogen-bond donors (Lipinski definition) is 1. The fourth-order valence-electron chi connectivity index (χ4n) is 2.32. The van der Waals surface area contributed by atoms with Gasteiger partial charge in [-0.15, -0.1) is 0 Å². The van der Waals surface area contributed by atoms with Crippen LogP contribution in [0.4, 0.5) is 5.69 Å². The largest absolute Gasteiger partial charge is 0.386 e. The second-order valence-electron chi connectivity index (χ2n) is 4.60.